The van der Waals surface area contributed by atoms with Gasteiger partial charge in [0.05, 0.1) is 19.8 Å². The highest BCUT2D eigenvalue weighted by Crippen LogP contribution is 2.12. The molecule has 0 aromatic carbocycles. The highest BCUT2D eigenvalue weighted by molar-refractivity contribution is 5.27. The van der Waals surface area contributed by atoms with Gasteiger partial charge >= 0.3 is 12.0 Å². The van der Waals surface area contributed by atoms with Crippen LogP contribution < -0.4 is 14.8 Å². The van der Waals surface area contributed by atoms with Gasteiger partial charge in [-0.15, -0.1) is 4.98 Å². The lowest BCUT2D eigenvalue weighted by atomic mass is 10.7. The first-order valence-electron chi connectivity index (χ1n) is 5.38. The molecule has 0 amide bonds. The van der Waals surface area contributed by atoms with E-state index in [0.717, 1.165) is 0 Å². The molecule has 0 saturated heterocycles. The van der Waals surface area contributed by atoms with Crippen molar-refractivity contribution in [1.29, 1.82) is 0 Å². The van der Waals surface area contributed by atoms with Crippen molar-refractivity contribution >= 4 is 5.95 Å². The minimum atomic E-state index is -0.169. The molecule has 18 heavy (non-hydrogen) atoms. The molecule has 102 valence electrons. The van der Waals surface area contributed by atoms with Crippen molar-refractivity contribution in [3.63, 3.8) is 0 Å². The Labute approximate surface area is 103 Å². The average molecular weight is 260 g/mol. The molecule has 0 radical (unpaired) electrons. The van der Waals surface area contributed by atoms with Crippen LogP contribution >= 0.6 is 0 Å². The topological polar surface area (TPSA) is 130 Å². The molecule has 0 saturated carbocycles. The Morgan fingerprint density at radius 1 is 0.833 bits per heavy atom. The maximum Gasteiger partial charge on any atom is 0.324 e. The molecule has 0 aliphatic carbocycles. The van der Waals surface area contributed by atoms with Crippen LogP contribution in [0.4, 0.5) is 5.95 Å². The lowest BCUT2D eigenvalue weighted by Gasteiger charge is -2.08. The van der Waals surface area contributed by atoms with Gasteiger partial charge in [0.25, 0.3) is 0 Å². The first-order valence-corrected chi connectivity index (χ1v) is 5.38. The van der Waals surface area contributed by atoms with Crippen molar-refractivity contribution in [2.45, 2.75) is 0 Å². The van der Waals surface area contributed by atoms with Crippen molar-refractivity contribution in [3.05, 3.63) is 0 Å². The van der Waals surface area contributed by atoms with Crippen molar-refractivity contribution in [2.75, 3.05) is 44.9 Å². The van der Waals surface area contributed by atoms with Crippen LogP contribution in [0.2, 0.25) is 0 Å². The Hall–Kier alpha value is -1.71. The quantitative estimate of drug-likeness (QED) is 0.399. The maximum absolute atomic E-state index is 8.69. The molecule has 0 atom stereocenters. The van der Waals surface area contributed by atoms with Crippen LogP contribution in [0.3, 0.4) is 0 Å². The fourth-order valence-corrected chi connectivity index (χ4v) is 0.988. The van der Waals surface area contributed by atoms with Crippen LogP contribution in [0, 0.1) is 0 Å². The Balaban J connectivity index is 2.74. The number of rotatable bonds is 9. The number of hydrogen-bond donors (Lipinski definition) is 4. The molecule has 9 heteroatoms. The standard InChI is InChI=1S/C9H16N4O5/c14-2-1-10-7-11-8(17-5-3-15)13-9(12-7)18-6-4-16/h14-16H,1-6H2,(H,10,11,12,13). The molecule has 1 rings (SSSR count). The zero-order chi connectivity index (χ0) is 13.2. The van der Waals surface area contributed by atoms with E-state index in [1.54, 1.807) is 0 Å². The molecule has 0 aliphatic rings. The molecule has 1 aromatic heterocycles. The number of aromatic nitrogens is 3. The molecule has 4 N–H and O–H groups in total. The SMILES string of the molecule is OCCNc1nc(OCCO)nc(OCCO)n1. The highest BCUT2D eigenvalue weighted by atomic mass is 16.5. The Morgan fingerprint density at radius 3 is 1.83 bits per heavy atom. The summed E-state index contributed by atoms with van der Waals surface area (Å²) in [5.41, 5.74) is 0. The number of aliphatic hydroxyl groups is 3. The molecule has 1 aromatic rings. The van der Waals surface area contributed by atoms with Crippen molar-refractivity contribution < 1.29 is 24.8 Å². The molecule has 1 heterocycles. The molecule has 0 unspecified atom stereocenters. The Bertz CT molecular complexity index is 287. The minimum absolute atomic E-state index is 0.00701. The van der Waals surface area contributed by atoms with Gasteiger partial charge in [0.2, 0.25) is 5.95 Å². The summed E-state index contributed by atoms with van der Waals surface area (Å²) in [4.78, 5) is 11.6. The summed E-state index contributed by atoms with van der Waals surface area (Å²) in [6.07, 6.45) is 0. The second kappa shape index (κ2) is 8.39. The molecule has 0 bridgehead atoms. The first-order chi connectivity index (χ1) is 8.80. The Kier molecular flexibility index (Phi) is 6.69. The van der Waals surface area contributed by atoms with Crippen molar-refractivity contribution in [3.8, 4) is 12.0 Å². The summed E-state index contributed by atoms with van der Waals surface area (Å²) < 4.78 is 10.1. The average Bonchev–Trinajstić information content (AvgIpc) is 2.40. The minimum Gasteiger partial charge on any atom is -0.461 e. The van der Waals surface area contributed by atoms with Crippen molar-refractivity contribution in [2.24, 2.45) is 0 Å². The zero-order valence-corrected chi connectivity index (χ0v) is 9.74. The number of aliphatic hydroxyl groups excluding tert-OH is 3. The monoisotopic (exact) mass is 260 g/mol. The highest BCUT2D eigenvalue weighted by Gasteiger charge is 2.08. The first kappa shape index (κ1) is 14.4. The van der Waals surface area contributed by atoms with E-state index in [2.05, 4.69) is 20.3 Å². The van der Waals surface area contributed by atoms with E-state index < -0.39 is 0 Å². The summed E-state index contributed by atoms with van der Waals surface area (Å²) in [6.45, 7) is -0.0597. The van der Waals surface area contributed by atoms with Crippen molar-refractivity contribution in [1.82, 2.24) is 15.0 Å². The lowest BCUT2D eigenvalue weighted by Crippen LogP contribution is -2.13. The predicted molar refractivity (Wildman–Crippen MR) is 60.6 cm³/mol. The lowest BCUT2D eigenvalue weighted by molar-refractivity contribution is 0.177. The fraction of sp³-hybridized carbons (Fsp3) is 0.667. The van der Waals surface area contributed by atoms with E-state index in [9.17, 15) is 0 Å². The largest absolute Gasteiger partial charge is 0.461 e. The molecule has 0 spiro atoms. The normalized spacial score (nSPS) is 10.2. The molecular formula is C9H16N4O5. The summed E-state index contributed by atoms with van der Waals surface area (Å²) in [7, 11) is 0. The van der Waals surface area contributed by atoms with E-state index in [1.165, 1.54) is 0 Å². The van der Waals surface area contributed by atoms with Gasteiger partial charge in [-0.05, 0) is 0 Å². The fourth-order valence-electron chi connectivity index (χ4n) is 0.988. The molecule has 0 fully saturated rings. The van der Waals surface area contributed by atoms with Crippen LogP contribution in [-0.2, 0) is 0 Å². The van der Waals surface area contributed by atoms with Gasteiger partial charge in [0.1, 0.15) is 13.2 Å². The van der Waals surface area contributed by atoms with E-state index in [-0.39, 0.29) is 57.5 Å². The van der Waals surface area contributed by atoms with Crippen LogP contribution in [-0.4, -0.2) is 69.9 Å². The van der Waals surface area contributed by atoms with E-state index in [1.807, 2.05) is 0 Å². The van der Waals surface area contributed by atoms with Crippen LogP contribution in [0.1, 0.15) is 0 Å². The summed E-state index contributed by atoms with van der Waals surface area (Å²) in [5, 5.41) is 28.7. The second-order valence-electron chi connectivity index (χ2n) is 3.02. The number of nitrogens with one attached hydrogen (secondary N) is 1. The summed E-state index contributed by atoms with van der Waals surface area (Å²) in [5.74, 6) is 0.180. The van der Waals surface area contributed by atoms with Gasteiger partial charge in [-0.1, -0.05) is 0 Å². The maximum atomic E-state index is 8.69. The third kappa shape index (κ3) is 5.08. The van der Waals surface area contributed by atoms with Gasteiger partial charge < -0.3 is 30.1 Å². The van der Waals surface area contributed by atoms with Gasteiger partial charge in [-0.3, -0.25) is 0 Å². The Morgan fingerprint density at radius 2 is 1.39 bits per heavy atom. The van der Waals surface area contributed by atoms with E-state index in [0.29, 0.717) is 0 Å². The van der Waals surface area contributed by atoms with Gasteiger partial charge in [0.15, 0.2) is 0 Å². The third-order valence-corrected chi connectivity index (χ3v) is 1.63. The second-order valence-corrected chi connectivity index (χ2v) is 3.02. The predicted octanol–water partition coefficient (Wildman–Crippen LogP) is -1.98. The number of anilines is 1. The third-order valence-electron chi connectivity index (χ3n) is 1.63. The summed E-state index contributed by atoms with van der Waals surface area (Å²) in [6, 6.07) is -0.0140. The van der Waals surface area contributed by atoms with Crippen LogP contribution in [0.5, 0.6) is 12.0 Å². The molecular weight excluding hydrogens is 244 g/mol. The van der Waals surface area contributed by atoms with E-state index >= 15 is 0 Å². The van der Waals surface area contributed by atoms with Crippen LogP contribution in [0.15, 0.2) is 0 Å². The molecule has 9 nitrogen and oxygen atoms in total. The van der Waals surface area contributed by atoms with E-state index in [4.69, 9.17) is 24.8 Å². The number of nitrogens with zero attached hydrogens (tertiary/aromatic N) is 3. The zero-order valence-electron chi connectivity index (χ0n) is 9.74. The summed E-state index contributed by atoms with van der Waals surface area (Å²) >= 11 is 0. The van der Waals surface area contributed by atoms with Gasteiger partial charge in [-0.25, -0.2) is 0 Å². The molecule has 0 aliphatic heterocycles. The van der Waals surface area contributed by atoms with Gasteiger partial charge in [-0.2, -0.15) is 9.97 Å². The number of hydrogen-bond acceptors (Lipinski definition) is 9. The van der Waals surface area contributed by atoms with Gasteiger partial charge in [0, 0.05) is 6.54 Å². The smallest absolute Gasteiger partial charge is 0.324 e. The van der Waals surface area contributed by atoms with Crippen LogP contribution in [0.25, 0.3) is 0 Å². The number of ether oxygens (including phenoxy) is 2.